The van der Waals surface area contributed by atoms with Crippen molar-refractivity contribution in [1.29, 1.82) is 5.26 Å². The van der Waals surface area contributed by atoms with Crippen LogP contribution in [-0.4, -0.2) is 47.7 Å². The first-order valence-electron chi connectivity index (χ1n) is 10.0. The van der Waals surface area contributed by atoms with Gasteiger partial charge in [-0.25, -0.2) is 4.52 Å². The number of pyridine rings is 1. The van der Waals surface area contributed by atoms with Gasteiger partial charge in [-0.15, -0.1) is 5.10 Å². The predicted molar refractivity (Wildman–Crippen MR) is 109 cm³/mol. The zero-order valence-electron chi connectivity index (χ0n) is 16.2. The lowest BCUT2D eigenvalue weighted by molar-refractivity contribution is 0.198. The maximum atomic E-state index is 9.46. The Morgan fingerprint density at radius 3 is 2.97 bits per heavy atom. The SMILES string of the molecule is N#CCC1(n2cc(C3CC3)cn2)CN(c2cccn3nc(Nc4cn[nH]c4)nc23)C1. The highest BCUT2D eigenvalue weighted by Gasteiger charge is 2.46. The molecule has 0 bridgehead atoms. The number of rotatable bonds is 6. The molecule has 0 unspecified atom stereocenters. The normalized spacial score (nSPS) is 17.6. The Kier molecular flexibility index (Phi) is 3.59. The Bertz CT molecular complexity index is 1230. The molecule has 2 fully saturated rings. The molecule has 4 aromatic heterocycles. The summed E-state index contributed by atoms with van der Waals surface area (Å²) in [5, 5.41) is 28.4. The first kappa shape index (κ1) is 17.0. The zero-order valence-corrected chi connectivity index (χ0v) is 16.2. The molecule has 0 atom stereocenters. The number of nitriles is 1. The molecule has 0 amide bonds. The monoisotopic (exact) mass is 400 g/mol. The van der Waals surface area contributed by atoms with Crippen LogP contribution in [0.5, 0.6) is 0 Å². The summed E-state index contributed by atoms with van der Waals surface area (Å²) in [6.45, 7) is 1.42. The lowest BCUT2D eigenvalue weighted by Crippen LogP contribution is -2.63. The second-order valence-corrected chi connectivity index (χ2v) is 8.12. The Morgan fingerprint density at radius 1 is 1.30 bits per heavy atom. The van der Waals surface area contributed by atoms with Gasteiger partial charge in [0.2, 0.25) is 5.95 Å². The molecule has 4 aromatic rings. The van der Waals surface area contributed by atoms with E-state index < -0.39 is 0 Å². The molecule has 0 spiro atoms. The van der Waals surface area contributed by atoms with Crippen molar-refractivity contribution in [3.05, 3.63) is 48.7 Å². The molecule has 0 radical (unpaired) electrons. The van der Waals surface area contributed by atoms with Crippen molar-refractivity contribution >= 4 is 23.0 Å². The third-order valence-electron chi connectivity index (χ3n) is 5.95. The van der Waals surface area contributed by atoms with Crippen molar-refractivity contribution in [2.75, 3.05) is 23.3 Å². The van der Waals surface area contributed by atoms with Crippen LogP contribution in [0.1, 0.15) is 30.7 Å². The minimum atomic E-state index is -0.299. The highest BCUT2D eigenvalue weighted by Crippen LogP contribution is 2.42. The lowest BCUT2D eigenvalue weighted by atomic mass is 9.86. The minimum Gasteiger partial charge on any atom is -0.363 e. The molecular weight excluding hydrogens is 380 g/mol. The number of anilines is 3. The van der Waals surface area contributed by atoms with Crippen molar-refractivity contribution in [3.63, 3.8) is 0 Å². The van der Waals surface area contributed by atoms with Crippen LogP contribution in [0.4, 0.5) is 17.3 Å². The van der Waals surface area contributed by atoms with Gasteiger partial charge in [0.15, 0.2) is 5.65 Å². The van der Waals surface area contributed by atoms with Gasteiger partial charge >= 0.3 is 0 Å². The van der Waals surface area contributed by atoms with E-state index >= 15 is 0 Å². The number of aromatic nitrogens is 7. The first-order valence-corrected chi connectivity index (χ1v) is 10.0. The van der Waals surface area contributed by atoms with Crippen LogP contribution >= 0.6 is 0 Å². The summed E-state index contributed by atoms with van der Waals surface area (Å²) < 4.78 is 3.78. The van der Waals surface area contributed by atoms with Gasteiger partial charge in [-0.3, -0.25) is 9.78 Å². The highest BCUT2D eigenvalue weighted by molar-refractivity contribution is 5.72. The van der Waals surface area contributed by atoms with Crippen LogP contribution in [0.2, 0.25) is 0 Å². The van der Waals surface area contributed by atoms with Gasteiger partial charge < -0.3 is 10.2 Å². The molecular formula is C20H20N10. The topological polar surface area (TPSA) is 116 Å². The fourth-order valence-electron chi connectivity index (χ4n) is 4.18. The molecule has 2 aliphatic rings. The average Bonchev–Trinajstić information content (AvgIpc) is 3.11. The molecule has 5 heterocycles. The standard InChI is InChI=1S/C20H20N10/c21-6-5-20(30-11-15(8-24-30)14-3-4-14)12-28(13-20)17-2-1-7-29-18(17)26-19(27-29)25-16-9-22-23-10-16/h1-2,7-11,14H,3-5,12-13H2,(H,22,23)(H,25,27). The van der Waals surface area contributed by atoms with Crippen LogP contribution in [0, 0.1) is 11.3 Å². The summed E-state index contributed by atoms with van der Waals surface area (Å²) in [5.74, 6) is 1.16. The fraction of sp³-hybridized carbons (Fsp3) is 0.350. The van der Waals surface area contributed by atoms with E-state index in [1.807, 2.05) is 29.2 Å². The molecule has 1 aliphatic carbocycles. The van der Waals surface area contributed by atoms with Crippen molar-refractivity contribution in [2.24, 2.45) is 0 Å². The second kappa shape index (κ2) is 6.32. The van der Waals surface area contributed by atoms with E-state index in [0.717, 1.165) is 17.0 Å². The molecule has 150 valence electrons. The summed E-state index contributed by atoms with van der Waals surface area (Å²) in [6, 6.07) is 6.36. The maximum absolute atomic E-state index is 9.46. The van der Waals surface area contributed by atoms with E-state index in [1.165, 1.54) is 18.4 Å². The van der Waals surface area contributed by atoms with Gasteiger partial charge in [0.25, 0.3) is 0 Å². The van der Waals surface area contributed by atoms with Crippen LogP contribution in [0.15, 0.2) is 43.1 Å². The number of H-pyrrole nitrogens is 1. The molecule has 10 heteroatoms. The van der Waals surface area contributed by atoms with Gasteiger partial charge in [0.1, 0.15) is 5.54 Å². The lowest BCUT2D eigenvalue weighted by Gasteiger charge is -2.50. The summed E-state index contributed by atoms with van der Waals surface area (Å²) in [5.41, 5.74) is 3.56. The molecule has 1 saturated carbocycles. The number of hydrogen-bond donors (Lipinski definition) is 2. The van der Waals surface area contributed by atoms with E-state index in [2.05, 4.69) is 47.9 Å². The Morgan fingerprint density at radius 2 is 2.20 bits per heavy atom. The van der Waals surface area contributed by atoms with Crippen LogP contribution in [0.3, 0.4) is 0 Å². The quantitative estimate of drug-likeness (QED) is 0.510. The fourth-order valence-corrected chi connectivity index (χ4v) is 4.18. The number of fused-ring (bicyclic) bond motifs is 1. The largest absolute Gasteiger partial charge is 0.363 e. The van der Waals surface area contributed by atoms with Crippen molar-refractivity contribution in [1.82, 2.24) is 34.6 Å². The molecule has 30 heavy (non-hydrogen) atoms. The van der Waals surface area contributed by atoms with E-state index in [0.29, 0.717) is 31.4 Å². The van der Waals surface area contributed by atoms with Gasteiger partial charge in [0.05, 0.1) is 36.3 Å². The number of nitrogens with one attached hydrogen (secondary N) is 2. The molecule has 2 N–H and O–H groups in total. The predicted octanol–water partition coefficient (Wildman–Crippen LogP) is 2.40. The maximum Gasteiger partial charge on any atom is 0.247 e. The van der Waals surface area contributed by atoms with Gasteiger partial charge in [-0.05, 0) is 36.5 Å². The Hall–Kier alpha value is -3.87. The number of aromatic amines is 1. The molecule has 6 rings (SSSR count). The van der Waals surface area contributed by atoms with Crippen LogP contribution in [0.25, 0.3) is 5.65 Å². The van der Waals surface area contributed by atoms with Gasteiger partial charge in [-0.2, -0.15) is 20.4 Å². The smallest absolute Gasteiger partial charge is 0.247 e. The molecule has 0 aromatic carbocycles. The summed E-state index contributed by atoms with van der Waals surface area (Å²) in [7, 11) is 0. The molecule has 1 aliphatic heterocycles. The van der Waals surface area contributed by atoms with Crippen LogP contribution < -0.4 is 10.2 Å². The van der Waals surface area contributed by atoms with Crippen molar-refractivity contribution < 1.29 is 0 Å². The van der Waals surface area contributed by atoms with Crippen molar-refractivity contribution in [2.45, 2.75) is 30.7 Å². The molecule has 10 nitrogen and oxygen atoms in total. The Balaban J connectivity index is 1.28. The summed E-state index contributed by atoms with van der Waals surface area (Å²) in [6.07, 6.45) is 12.3. The Labute approximate surface area is 172 Å². The third-order valence-corrected chi connectivity index (χ3v) is 5.95. The second-order valence-electron chi connectivity index (χ2n) is 8.12. The summed E-state index contributed by atoms with van der Waals surface area (Å²) in [4.78, 5) is 6.90. The average molecular weight is 400 g/mol. The van der Waals surface area contributed by atoms with E-state index in [4.69, 9.17) is 0 Å². The van der Waals surface area contributed by atoms with Gasteiger partial charge in [0, 0.05) is 31.7 Å². The minimum absolute atomic E-state index is 0.299. The molecule has 1 saturated heterocycles. The third kappa shape index (κ3) is 2.70. The number of nitrogens with zero attached hydrogens (tertiary/aromatic N) is 8. The van der Waals surface area contributed by atoms with Crippen LogP contribution in [-0.2, 0) is 5.54 Å². The van der Waals surface area contributed by atoms with Crippen molar-refractivity contribution in [3.8, 4) is 6.07 Å². The van der Waals surface area contributed by atoms with Gasteiger partial charge in [-0.1, -0.05) is 0 Å². The first-order chi connectivity index (χ1) is 14.7. The highest BCUT2D eigenvalue weighted by atomic mass is 15.4. The zero-order chi connectivity index (χ0) is 20.1. The van der Waals surface area contributed by atoms with E-state index in [9.17, 15) is 5.26 Å². The van der Waals surface area contributed by atoms with E-state index in [-0.39, 0.29) is 5.54 Å². The van der Waals surface area contributed by atoms with E-state index in [1.54, 1.807) is 16.9 Å². The number of hydrogen-bond acceptors (Lipinski definition) is 7. The summed E-state index contributed by atoms with van der Waals surface area (Å²) >= 11 is 0.